The van der Waals surface area contributed by atoms with Crippen LogP contribution in [0.25, 0.3) is 5.69 Å². The van der Waals surface area contributed by atoms with Gasteiger partial charge in [0.15, 0.2) is 5.16 Å². The Balaban J connectivity index is 1.37. The smallest absolute Gasteiger partial charge is 0.269 e. The highest BCUT2D eigenvalue weighted by Gasteiger charge is 2.31. The Morgan fingerprint density at radius 1 is 1.03 bits per heavy atom. The van der Waals surface area contributed by atoms with E-state index in [0.29, 0.717) is 21.7 Å². The van der Waals surface area contributed by atoms with Crippen LogP contribution in [-0.4, -0.2) is 32.3 Å². The Morgan fingerprint density at radius 2 is 1.76 bits per heavy atom. The summed E-state index contributed by atoms with van der Waals surface area (Å²) in [5, 5.41) is 9.79. The van der Waals surface area contributed by atoms with Crippen molar-refractivity contribution in [3.8, 4) is 5.69 Å². The maximum absolute atomic E-state index is 12.2. The molecule has 2 amide bonds. The number of hydrazine groups is 1. The highest BCUT2D eigenvalue weighted by atomic mass is 35.5. The van der Waals surface area contributed by atoms with E-state index in [4.69, 9.17) is 11.6 Å². The van der Waals surface area contributed by atoms with Gasteiger partial charge in [0, 0.05) is 22.2 Å². The lowest BCUT2D eigenvalue weighted by atomic mass is 10.2. The first-order valence-corrected chi connectivity index (χ1v) is 10.5. The van der Waals surface area contributed by atoms with Crippen molar-refractivity contribution < 1.29 is 9.59 Å². The van der Waals surface area contributed by atoms with Gasteiger partial charge < -0.3 is 0 Å². The van der Waals surface area contributed by atoms with Gasteiger partial charge in [-0.05, 0) is 49.2 Å². The predicted molar refractivity (Wildman–Crippen MR) is 111 cm³/mol. The molecule has 148 valence electrons. The van der Waals surface area contributed by atoms with Crippen LogP contribution in [0.3, 0.4) is 0 Å². The van der Waals surface area contributed by atoms with E-state index in [2.05, 4.69) is 21.0 Å². The van der Waals surface area contributed by atoms with Crippen LogP contribution < -0.4 is 10.9 Å². The molecule has 0 unspecified atom stereocenters. The topological polar surface area (TPSA) is 88.9 Å². The van der Waals surface area contributed by atoms with Gasteiger partial charge in [0.05, 0.1) is 5.75 Å². The number of hydrogen-bond donors (Lipinski definition) is 2. The molecule has 1 aromatic heterocycles. The van der Waals surface area contributed by atoms with Gasteiger partial charge >= 0.3 is 0 Å². The first-order valence-electron chi connectivity index (χ1n) is 9.10. The molecule has 0 bridgehead atoms. The number of amides is 2. The number of thioether (sulfide) groups is 1. The van der Waals surface area contributed by atoms with Crippen LogP contribution in [0.4, 0.5) is 0 Å². The Labute approximate surface area is 176 Å². The lowest BCUT2D eigenvalue weighted by Gasteiger charge is -2.10. The molecular weight excluding hydrogens is 410 g/mol. The molecule has 0 spiro atoms. The van der Waals surface area contributed by atoms with Crippen LogP contribution in [0.2, 0.25) is 5.02 Å². The second-order valence-electron chi connectivity index (χ2n) is 6.58. The SMILES string of the molecule is O=C(CSc1nnc(C2CC2)n1-c1ccccc1)NNC(=O)c1ccc(Cl)cc1. The second-order valence-corrected chi connectivity index (χ2v) is 7.96. The number of nitrogens with one attached hydrogen (secondary N) is 2. The van der Waals surface area contributed by atoms with E-state index in [9.17, 15) is 9.59 Å². The summed E-state index contributed by atoms with van der Waals surface area (Å²) in [6, 6.07) is 16.2. The third-order valence-corrected chi connectivity index (χ3v) is 5.55. The molecule has 1 heterocycles. The van der Waals surface area contributed by atoms with E-state index in [0.717, 1.165) is 24.4 Å². The molecule has 0 atom stereocenters. The van der Waals surface area contributed by atoms with Crippen molar-refractivity contribution in [2.75, 3.05) is 5.75 Å². The summed E-state index contributed by atoms with van der Waals surface area (Å²) in [7, 11) is 0. The minimum atomic E-state index is -0.413. The maximum Gasteiger partial charge on any atom is 0.269 e. The Morgan fingerprint density at radius 3 is 2.45 bits per heavy atom. The van der Waals surface area contributed by atoms with Gasteiger partial charge in [-0.2, -0.15) is 0 Å². The van der Waals surface area contributed by atoms with Crippen molar-refractivity contribution >= 4 is 35.2 Å². The second kappa shape index (κ2) is 8.67. The Kier molecular flexibility index (Phi) is 5.82. The Hall–Kier alpha value is -2.84. The van der Waals surface area contributed by atoms with Gasteiger partial charge in [0.25, 0.3) is 5.91 Å². The van der Waals surface area contributed by atoms with E-state index in [1.54, 1.807) is 24.3 Å². The number of benzene rings is 2. The van der Waals surface area contributed by atoms with Crippen LogP contribution in [0, 0.1) is 0 Å². The summed E-state index contributed by atoms with van der Waals surface area (Å²) >= 11 is 7.08. The number of rotatable bonds is 6. The van der Waals surface area contributed by atoms with Gasteiger partial charge in [-0.15, -0.1) is 10.2 Å². The predicted octanol–water partition coefficient (Wildman–Crippen LogP) is 3.35. The third-order valence-electron chi connectivity index (χ3n) is 4.37. The molecule has 0 radical (unpaired) electrons. The monoisotopic (exact) mass is 427 g/mol. The molecule has 2 aromatic carbocycles. The quantitative estimate of drug-likeness (QED) is 0.465. The lowest BCUT2D eigenvalue weighted by molar-refractivity contribution is -0.119. The summed E-state index contributed by atoms with van der Waals surface area (Å²) in [6.07, 6.45) is 2.21. The molecule has 0 aliphatic heterocycles. The molecule has 4 rings (SSSR count). The highest BCUT2D eigenvalue weighted by Crippen LogP contribution is 2.41. The molecule has 7 nitrogen and oxygen atoms in total. The van der Waals surface area contributed by atoms with Crippen molar-refractivity contribution in [1.82, 2.24) is 25.6 Å². The van der Waals surface area contributed by atoms with Crippen molar-refractivity contribution in [3.05, 3.63) is 71.0 Å². The van der Waals surface area contributed by atoms with E-state index in [-0.39, 0.29) is 11.7 Å². The zero-order valence-corrected chi connectivity index (χ0v) is 16.9. The highest BCUT2D eigenvalue weighted by molar-refractivity contribution is 7.99. The Bertz CT molecular complexity index is 1020. The summed E-state index contributed by atoms with van der Waals surface area (Å²) in [6.45, 7) is 0. The van der Waals surface area contributed by atoms with E-state index >= 15 is 0 Å². The van der Waals surface area contributed by atoms with E-state index < -0.39 is 5.91 Å². The first kappa shape index (κ1) is 19.5. The molecule has 2 N–H and O–H groups in total. The fourth-order valence-corrected chi connectivity index (χ4v) is 3.65. The fourth-order valence-electron chi connectivity index (χ4n) is 2.77. The molecule has 0 saturated heterocycles. The van der Waals surface area contributed by atoms with E-state index in [1.807, 2.05) is 34.9 Å². The molecule has 1 saturated carbocycles. The van der Waals surface area contributed by atoms with Crippen molar-refractivity contribution in [2.24, 2.45) is 0 Å². The first-order chi connectivity index (χ1) is 14.1. The molecule has 1 aliphatic carbocycles. The maximum atomic E-state index is 12.2. The van der Waals surface area contributed by atoms with Gasteiger partial charge in [-0.1, -0.05) is 41.6 Å². The number of halogens is 1. The van der Waals surface area contributed by atoms with Crippen LogP contribution in [0.15, 0.2) is 59.8 Å². The van der Waals surface area contributed by atoms with Crippen molar-refractivity contribution in [1.29, 1.82) is 0 Å². The number of carbonyl (C=O) groups excluding carboxylic acids is 2. The molecule has 3 aromatic rings. The summed E-state index contributed by atoms with van der Waals surface area (Å²) < 4.78 is 2.00. The average molecular weight is 428 g/mol. The van der Waals surface area contributed by atoms with Gasteiger partial charge in [-0.3, -0.25) is 25.0 Å². The molecular formula is C20H18ClN5O2S. The van der Waals surface area contributed by atoms with Crippen LogP contribution in [0.5, 0.6) is 0 Å². The summed E-state index contributed by atoms with van der Waals surface area (Å²) in [4.78, 5) is 24.2. The summed E-state index contributed by atoms with van der Waals surface area (Å²) in [5.74, 6) is 0.687. The number of nitrogens with zero attached hydrogens (tertiary/aromatic N) is 3. The van der Waals surface area contributed by atoms with Crippen molar-refractivity contribution in [2.45, 2.75) is 23.9 Å². The third kappa shape index (κ3) is 4.78. The number of hydrogen-bond acceptors (Lipinski definition) is 5. The van der Waals surface area contributed by atoms with Gasteiger partial charge in [0.2, 0.25) is 5.91 Å². The molecule has 29 heavy (non-hydrogen) atoms. The van der Waals surface area contributed by atoms with Gasteiger partial charge in [0.1, 0.15) is 5.82 Å². The van der Waals surface area contributed by atoms with Crippen molar-refractivity contribution in [3.63, 3.8) is 0 Å². The fraction of sp³-hybridized carbons (Fsp3) is 0.200. The lowest BCUT2D eigenvalue weighted by Crippen LogP contribution is -2.42. The largest absolute Gasteiger partial charge is 0.274 e. The zero-order chi connectivity index (χ0) is 20.2. The molecule has 1 fully saturated rings. The van der Waals surface area contributed by atoms with Crippen LogP contribution >= 0.6 is 23.4 Å². The number of aromatic nitrogens is 3. The normalized spacial score (nSPS) is 13.1. The minimum Gasteiger partial charge on any atom is -0.274 e. The van der Waals surface area contributed by atoms with Gasteiger partial charge in [-0.25, -0.2) is 0 Å². The number of para-hydroxylation sites is 1. The average Bonchev–Trinajstić information content (AvgIpc) is 3.50. The van der Waals surface area contributed by atoms with E-state index in [1.165, 1.54) is 11.8 Å². The molecule has 1 aliphatic rings. The standard InChI is InChI=1S/C20H18ClN5O2S/c21-15-10-8-14(9-11-15)19(28)24-22-17(27)12-29-20-25-23-18(13-6-7-13)26(20)16-4-2-1-3-5-16/h1-5,8-11,13H,6-7,12H2,(H,22,27)(H,24,28). The van der Waals surface area contributed by atoms with Crippen LogP contribution in [-0.2, 0) is 4.79 Å². The minimum absolute atomic E-state index is 0.0938. The zero-order valence-electron chi connectivity index (χ0n) is 15.3. The number of carbonyl (C=O) groups is 2. The summed E-state index contributed by atoms with van der Waals surface area (Å²) in [5.41, 5.74) is 6.19. The van der Waals surface area contributed by atoms with Crippen LogP contribution in [0.1, 0.15) is 34.9 Å². The molecule has 9 heteroatoms.